The van der Waals surface area contributed by atoms with E-state index in [-0.39, 0.29) is 24.0 Å². The maximum atomic E-state index is 13.2. The molecular formula is C26H26N4O4. The summed E-state index contributed by atoms with van der Waals surface area (Å²) in [6, 6.07) is 14.3. The van der Waals surface area contributed by atoms with Crippen molar-refractivity contribution in [1.29, 1.82) is 0 Å². The maximum Gasteiger partial charge on any atom is 0.253 e. The molecule has 5 rings (SSSR count). The van der Waals surface area contributed by atoms with Gasteiger partial charge in [-0.15, -0.1) is 0 Å². The monoisotopic (exact) mass is 458 g/mol. The Morgan fingerprint density at radius 1 is 1.06 bits per heavy atom. The van der Waals surface area contributed by atoms with Crippen molar-refractivity contribution < 1.29 is 19.1 Å². The first-order chi connectivity index (χ1) is 16.3. The number of aromatic amines is 1. The van der Waals surface area contributed by atoms with Crippen LogP contribution in [0, 0.1) is 0 Å². The number of nitrogens with zero attached hydrogens (tertiary/aromatic N) is 3. The number of aromatic nitrogens is 2. The number of benzene rings is 2. The fraction of sp³-hybridized carbons (Fsp3) is 0.308. The van der Waals surface area contributed by atoms with Gasteiger partial charge in [0.25, 0.3) is 11.8 Å². The van der Waals surface area contributed by atoms with Crippen LogP contribution in [-0.4, -0.2) is 70.4 Å². The molecule has 0 bridgehead atoms. The molecule has 1 saturated heterocycles. The average molecular weight is 459 g/mol. The van der Waals surface area contributed by atoms with Crippen molar-refractivity contribution in [2.75, 3.05) is 27.2 Å². The van der Waals surface area contributed by atoms with Crippen LogP contribution < -0.4 is 4.74 Å². The number of rotatable bonds is 3. The second kappa shape index (κ2) is 8.44. The lowest BCUT2D eigenvalue weighted by Crippen LogP contribution is -2.52. The van der Waals surface area contributed by atoms with Crippen LogP contribution in [0.2, 0.25) is 0 Å². The van der Waals surface area contributed by atoms with Gasteiger partial charge in [0, 0.05) is 62.9 Å². The number of hydrogen-bond acceptors (Lipinski definition) is 5. The zero-order valence-electron chi connectivity index (χ0n) is 19.2. The third-order valence-corrected chi connectivity index (χ3v) is 6.61. The lowest BCUT2D eigenvalue weighted by atomic mass is 9.82. The fourth-order valence-electron chi connectivity index (χ4n) is 4.70. The Morgan fingerprint density at radius 2 is 1.85 bits per heavy atom. The van der Waals surface area contributed by atoms with Crippen molar-refractivity contribution in [3.05, 3.63) is 71.4 Å². The summed E-state index contributed by atoms with van der Waals surface area (Å²) in [4.78, 5) is 41.7. The number of amides is 2. The van der Waals surface area contributed by atoms with Gasteiger partial charge in [-0.25, -0.2) is 0 Å². The summed E-state index contributed by atoms with van der Waals surface area (Å²) in [5.41, 5.74) is 2.58. The number of hydrogen-bond donors (Lipinski definition) is 1. The standard InChI is InChI=1S/C26H26N4O4/c1-29(2)24(32)19-6-7-23-20(15-19)22(31)16-26(34-23)9-12-30(13-10-26)25(33)18-5-3-4-17(14-18)21-8-11-27-28-21/h3-8,11,14-15H,9-10,12-13,16H2,1-2H3,(H,27,28). The van der Waals surface area contributed by atoms with E-state index in [0.29, 0.717) is 48.4 Å². The molecule has 3 heterocycles. The van der Waals surface area contributed by atoms with Crippen LogP contribution in [0.3, 0.4) is 0 Å². The SMILES string of the molecule is CN(C)C(=O)c1ccc2c(c1)C(=O)CC1(CCN(C(=O)c3cccc(-c4cc[nH]n4)c3)CC1)O2. The first-order valence-corrected chi connectivity index (χ1v) is 11.3. The largest absolute Gasteiger partial charge is 0.486 e. The minimum absolute atomic E-state index is 0.0267. The van der Waals surface area contributed by atoms with Crippen LogP contribution in [0.15, 0.2) is 54.7 Å². The Hall–Kier alpha value is -3.94. The van der Waals surface area contributed by atoms with Crippen LogP contribution in [0.25, 0.3) is 11.3 Å². The minimum Gasteiger partial charge on any atom is -0.486 e. The van der Waals surface area contributed by atoms with Gasteiger partial charge in [0.15, 0.2) is 5.78 Å². The van der Waals surface area contributed by atoms with E-state index in [1.54, 1.807) is 38.5 Å². The molecule has 0 radical (unpaired) electrons. The smallest absolute Gasteiger partial charge is 0.253 e. The van der Waals surface area contributed by atoms with Crippen molar-refractivity contribution in [2.45, 2.75) is 24.9 Å². The van der Waals surface area contributed by atoms with Gasteiger partial charge in [-0.05, 0) is 36.4 Å². The highest BCUT2D eigenvalue weighted by molar-refractivity contribution is 6.03. The molecule has 34 heavy (non-hydrogen) atoms. The number of likely N-dealkylation sites (tertiary alicyclic amines) is 1. The van der Waals surface area contributed by atoms with E-state index in [2.05, 4.69) is 10.2 Å². The van der Waals surface area contributed by atoms with Gasteiger partial charge < -0.3 is 14.5 Å². The van der Waals surface area contributed by atoms with Crippen LogP contribution in [-0.2, 0) is 0 Å². The molecule has 0 saturated carbocycles. The number of carbonyl (C=O) groups excluding carboxylic acids is 3. The Kier molecular flexibility index (Phi) is 5.43. The Bertz CT molecular complexity index is 1260. The Labute approximate surface area is 197 Å². The molecule has 0 unspecified atom stereocenters. The molecule has 1 spiro atoms. The summed E-state index contributed by atoms with van der Waals surface area (Å²) in [6.45, 7) is 1.01. The first kappa shape index (κ1) is 21.9. The minimum atomic E-state index is -0.620. The lowest BCUT2D eigenvalue weighted by molar-refractivity contribution is -0.00571. The number of carbonyl (C=O) groups is 3. The number of ketones is 1. The van der Waals surface area contributed by atoms with Gasteiger partial charge in [0.1, 0.15) is 11.4 Å². The summed E-state index contributed by atoms with van der Waals surface area (Å²) in [6.07, 6.45) is 3.14. The molecule has 0 atom stereocenters. The van der Waals surface area contributed by atoms with Crippen molar-refractivity contribution in [3.8, 4) is 17.0 Å². The van der Waals surface area contributed by atoms with E-state index in [9.17, 15) is 14.4 Å². The van der Waals surface area contributed by atoms with Crippen molar-refractivity contribution >= 4 is 17.6 Å². The van der Waals surface area contributed by atoms with Gasteiger partial charge in [-0.1, -0.05) is 12.1 Å². The second-order valence-electron chi connectivity index (χ2n) is 9.13. The number of fused-ring (bicyclic) bond motifs is 1. The van der Waals surface area contributed by atoms with E-state index >= 15 is 0 Å². The van der Waals surface area contributed by atoms with Crippen LogP contribution >= 0.6 is 0 Å². The summed E-state index contributed by atoms with van der Waals surface area (Å²) < 4.78 is 6.33. The number of Topliss-reactive ketones (excluding diaryl/α,β-unsaturated/α-hetero) is 1. The number of ether oxygens (including phenoxy) is 1. The van der Waals surface area contributed by atoms with Crippen LogP contribution in [0.5, 0.6) is 5.75 Å². The van der Waals surface area contributed by atoms with Gasteiger partial charge in [-0.2, -0.15) is 5.10 Å². The number of nitrogens with one attached hydrogen (secondary N) is 1. The molecule has 1 aromatic heterocycles. The molecule has 8 nitrogen and oxygen atoms in total. The van der Waals surface area contributed by atoms with Gasteiger partial charge in [-0.3, -0.25) is 19.5 Å². The normalized spacial score (nSPS) is 16.6. The topological polar surface area (TPSA) is 95.6 Å². The second-order valence-corrected chi connectivity index (χ2v) is 9.13. The molecular weight excluding hydrogens is 432 g/mol. The van der Waals surface area contributed by atoms with E-state index in [0.717, 1.165) is 11.3 Å². The Morgan fingerprint density at radius 3 is 2.56 bits per heavy atom. The van der Waals surface area contributed by atoms with E-state index < -0.39 is 5.60 Å². The van der Waals surface area contributed by atoms with E-state index in [4.69, 9.17) is 4.74 Å². The maximum absolute atomic E-state index is 13.2. The highest BCUT2D eigenvalue weighted by Gasteiger charge is 2.44. The van der Waals surface area contributed by atoms with Gasteiger partial charge in [0.2, 0.25) is 0 Å². The van der Waals surface area contributed by atoms with Crippen LogP contribution in [0.4, 0.5) is 0 Å². The van der Waals surface area contributed by atoms with Gasteiger partial charge in [0.05, 0.1) is 17.7 Å². The molecule has 3 aromatic rings. The predicted octanol–water partition coefficient (Wildman–Crippen LogP) is 3.42. The van der Waals surface area contributed by atoms with Crippen molar-refractivity contribution in [1.82, 2.24) is 20.0 Å². The van der Waals surface area contributed by atoms with Crippen molar-refractivity contribution in [3.63, 3.8) is 0 Å². The highest BCUT2D eigenvalue weighted by Crippen LogP contribution is 2.40. The first-order valence-electron chi connectivity index (χ1n) is 11.3. The molecule has 2 aliphatic rings. The van der Waals surface area contributed by atoms with Gasteiger partial charge >= 0.3 is 0 Å². The molecule has 1 N–H and O–H groups in total. The highest BCUT2D eigenvalue weighted by atomic mass is 16.5. The number of H-pyrrole nitrogens is 1. The van der Waals surface area contributed by atoms with Crippen molar-refractivity contribution in [2.24, 2.45) is 0 Å². The number of piperidine rings is 1. The molecule has 2 aromatic carbocycles. The van der Waals surface area contributed by atoms with E-state index in [1.807, 2.05) is 35.2 Å². The Balaban J connectivity index is 1.29. The third kappa shape index (κ3) is 3.96. The summed E-state index contributed by atoms with van der Waals surface area (Å²) in [5.74, 6) is 0.292. The molecule has 8 heteroatoms. The van der Waals surface area contributed by atoms with E-state index in [1.165, 1.54) is 4.90 Å². The lowest BCUT2D eigenvalue weighted by Gasteiger charge is -2.44. The summed E-state index contributed by atoms with van der Waals surface area (Å²) >= 11 is 0. The summed E-state index contributed by atoms with van der Waals surface area (Å²) in [5, 5.41) is 6.98. The zero-order valence-corrected chi connectivity index (χ0v) is 19.2. The third-order valence-electron chi connectivity index (χ3n) is 6.61. The molecule has 2 aliphatic heterocycles. The predicted molar refractivity (Wildman–Crippen MR) is 126 cm³/mol. The van der Waals surface area contributed by atoms with Crippen LogP contribution in [0.1, 0.15) is 50.3 Å². The summed E-state index contributed by atoms with van der Waals surface area (Å²) in [7, 11) is 3.36. The molecule has 2 amide bonds. The zero-order chi connectivity index (χ0) is 23.9. The molecule has 1 fully saturated rings. The molecule has 174 valence electrons. The fourth-order valence-corrected chi connectivity index (χ4v) is 4.70. The quantitative estimate of drug-likeness (QED) is 0.649. The average Bonchev–Trinajstić information content (AvgIpc) is 3.39. The molecule has 0 aliphatic carbocycles.